The number of nitrogens with two attached hydrogens (primary N) is 1. The first kappa shape index (κ1) is 13.6. The molecule has 1 heterocycles. The van der Waals surface area contributed by atoms with E-state index in [-0.39, 0.29) is 5.91 Å². The van der Waals surface area contributed by atoms with Crippen LogP contribution in [-0.4, -0.2) is 54.0 Å². The molecule has 1 saturated heterocycles. The zero-order valence-electron chi connectivity index (χ0n) is 11.9. The van der Waals surface area contributed by atoms with Crippen molar-refractivity contribution in [2.24, 2.45) is 5.73 Å². The van der Waals surface area contributed by atoms with Crippen LogP contribution in [0.4, 0.5) is 0 Å². The molecule has 4 heteroatoms. The maximum atomic E-state index is 12.4. The lowest BCUT2D eigenvalue weighted by atomic mass is 10.1. The second kappa shape index (κ2) is 5.94. The molecule has 0 spiro atoms. The largest absolute Gasteiger partial charge is 0.339 e. The summed E-state index contributed by atoms with van der Waals surface area (Å²) in [7, 11) is 0. The lowest BCUT2D eigenvalue weighted by Gasteiger charge is -2.36. The fourth-order valence-corrected chi connectivity index (χ4v) is 2.94. The predicted octanol–water partition coefficient (Wildman–Crippen LogP) is 0.863. The highest BCUT2D eigenvalue weighted by molar-refractivity contribution is 5.82. The van der Waals surface area contributed by atoms with Gasteiger partial charge in [-0.2, -0.15) is 0 Å². The molecule has 2 aliphatic rings. The van der Waals surface area contributed by atoms with Crippen molar-refractivity contribution >= 4 is 5.91 Å². The summed E-state index contributed by atoms with van der Waals surface area (Å²) in [6.45, 7) is 3.68. The molecule has 0 bridgehead atoms. The number of amides is 1. The summed E-state index contributed by atoms with van der Waals surface area (Å²) in [5.41, 5.74) is 7.21. The quantitative estimate of drug-likeness (QED) is 0.885. The van der Waals surface area contributed by atoms with E-state index >= 15 is 0 Å². The SMILES string of the molecule is NC(Cc1ccccc1)C(=O)N1CCN(C2CC2)CC1. The highest BCUT2D eigenvalue weighted by Gasteiger charge is 2.33. The van der Waals surface area contributed by atoms with E-state index in [1.54, 1.807) is 0 Å². The minimum Gasteiger partial charge on any atom is -0.339 e. The molecule has 1 aliphatic carbocycles. The van der Waals surface area contributed by atoms with Gasteiger partial charge in [-0.15, -0.1) is 0 Å². The molecule has 1 atom stereocenters. The van der Waals surface area contributed by atoms with Crippen LogP contribution in [0.5, 0.6) is 0 Å². The summed E-state index contributed by atoms with van der Waals surface area (Å²) in [6.07, 6.45) is 3.30. The molecule has 1 unspecified atom stereocenters. The Labute approximate surface area is 120 Å². The van der Waals surface area contributed by atoms with E-state index in [4.69, 9.17) is 5.73 Å². The Balaban J connectivity index is 1.50. The molecule has 1 aromatic rings. The van der Waals surface area contributed by atoms with Gasteiger partial charge in [0.1, 0.15) is 0 Å². The standard InChI is InChI=1S/C16H23N3O/c17-15(12-13-4-2-1-3-5-13)16(20)19-10-8-18(9-11-19)14-6-7-14/h1-5,14-15H,6-12,17H2. The number of carbonyl (C=O) groups excluding carboxylic acids is 1. The summed E-state index contributed by atoms with van der Waals surface area (Å²) >= 11 is 0. The topological polar surface area (TPSA) is 49.6 Å². The van der Waals surface area contributed by atoms with Crippen molar-refractivity contribution in [2.45, 2.75) is 31.3 Å². The Kier molecular flexibility index (Phi) is 4.03. The highest BCUT2D eigenvalue weighted by atomic mass is 16.2. The number of piperazine rings is 1. The van der Waals surface area contributed by atoms with Crippen LogP contribution in [0, 0.1) is 0 Å². The van der Waals surface area contributed by atoms with E-state index in [1.165, 1.54) is 12.8 Å². The normalized spacial score (nSPS) is 21.8. The minimum absolute atomic E-state index is 0.101. The van der Waals surface area contributed by atoms with Crippen LogP contribution < -0.4 is 5.73 Å². The molecule has 3 rings (SSSR count). The molecule has 1 saturated carbocycles. The molecule has 0 radical (unpaired) electrons. The van der Waals surface area contributed by atoms with Crippen molar-refractivity contribution in [1.82, 2.24) is 9.80 Å². The second-order valence-electron chi connectivity index (χ2n) is 5.89. The van der Waals surface area contributed by atoms with Crippen molar-refractivity contribution < 1.29 is 4.79 Å². The molecule has 20 heavy (non-hydrogen) atoms. The van der Waals surface area contributed by atoms with Gasteiger partial charge in [-0.05, 0) is 24.8 Å². The fraction of sp³-hybridized carbons (Fsp3) is 0.562. The summed E-state index contributed by atoms with van der Waals surface area (Å²) in [4.78, 5) is 16.8. The lowest BCUT2D eigenvalue weighted by Crippen LogP contribution is -2.54. The molecule has 2 N–H and O–H groups in total. The number of rotatable bonds is 4. The summed E-state index contributed by atoms with van der Waals surface area (Å²) in [6, 6.07) is 10.4. The highest BCUT2D eigenvalue weighted by Crippen LogP contribution is 2.27. The van der Waals surface area contributed by atoms with Crippen LogP contribution in [-0.2, 0) is 11.2 Å². The monoisotopic (exact) mass is 273 g/mol. The number of benzene rings is 1. The van der Waals surface area contributed by atoms with E-state index < -0.39 is 6.04 Å². The zero-order valence-corrected chi connectivity index (χ0v) is 11.9. The Morgan fingerprint density at radius 1 is 1.15 bits per heavy atom. The summed E-state index contributed by atoms with van der Waals surface area (Å²) < 4.78 is 0. The second-order valence-corrected chi connectivity index (χ2v) is 5.89. The Morgan fingerprint density at radius 3 is 2.40 bits per heavy atom. The van der Waals surface area contributed by atoms with Crippen molar-refractivity contribution in [3.05, 3.63) is 35.9 Å². The minimum atomic E-state index is -0.412. The van der Waals surface area contributed by atoms with Crippen LogP contribution in [0.1, 0.15) is 18.4 Å². The van der Waals surface area contributed by atoms with Crippen LogP contribution in [0.15, 0.2) is 30.3 Å². The van der Waals surface area contributed by atoms with Gasteiger partial charge in [0.25, 0.3) is 0 Å². The Morgan fingerprint density at radius 2 is 1.80 bits per heavy atom. The maximum absolute atomic E-state index is 12.4. The van der Waals surface area contributed by atoms with Crippen molar-refractivity contribution in [1.29, 1.82) is 0 Å². The molecular formula is C16H23N3O. The van der Waals surface area contributed by atoms with Gasteiger partial charge in [0, 0.05) is 32.2 Å². The summed E-state index contributed by atoms with van der Waals surface area (Å²) in [5.74, 6) is 0.101. The first-order valence-electron chi connectivity index (χ1n) is 7.56. The molecule has 0 aromatic heterocycles. The van der Waals surface area contributed by atoms with Gasteiger partial charge >= 0.3 is 0 Å². The van der Waals surface area contributed by atoms with Gasteiger partial charge in [-0.25, -0.2) is 0 Å². The van der Waals surface area contributed by atoms with Crippen LogP contribution in [0.25, 0.3) is 0 Å². The van der Waals surface area contributed by atoms with Crippen LogP contribution in [0.2, 0.25) is 0 Å². The van der Waals surface area contributed by atoms with Crippen molar-refractivity contribution in [2.75, 3.05) is 26.2 Å². The smallest absolute Gasteiger partial charge is 0.239 e. The number of hydrogen-bond donors (Lipinski definition) is 1. The molecule has 1 aromatic carbocycles. The van der Waals surface area contributed by atoms with Crippen LogP contribution in [0.3, 0.4) is 0 Å². The van der Waals surface area contributed by atoms with E-state index in [0.29, 0.717) is 6.42 Å². The Bertz CT molecular complexity index is 450. The summed E-state index contributed by atoms with van der Waals surface area (Å²) in [5, 5.41) is 0. The van der Waals surface area contributed by atoms with Crippen LogP contribution >= 0.6 is 0 Å². The number of hydrogen-bond acceptors (Lipinski definition) is 3. The van der Waals surface area contributed by atoms with Crippen molar-refractivity contribution in [3.63, 3.8) is 0 Å². The average molecular weight is 273 g/mol. The van der Waals surface area contributed by atoms with Gasteiger partial charge in [-0.3, -0.25) is 9.69 Å². The van der Waals surface area contributed by atoms with E-state index in [1.807, 2.05) is 35.2 Å². The van der Waals surface area contributed by atoms with E-state index in [9.17, 15) is 4.79 Å². The first-order valence-corrected chi connectivity index (χ1v) is 7.56. The number of carbonyl (C=O) groups is 1. The average Bonchev–Trinajstić information content (AvgIpc) is 3.32. The van der Waals surface area contributed by atoms with Gasteiger partial charge in [0.15, 0.2) is 0 Å². The third-order valence-electron chi connectivity index (χ3n) is 4.30. The van der Waals surface area contributed by atoms with E-state index in [0.717, 1.165) is 37.8 Å². The molecular weight excluding hydrogens is 250 g/mol. The molecule has 2 fully saturated rings. The predicted molar refractivity (Wildman–Crippen MR) is 79.3 cm³/mol. The molecule has 1 aliphatic heterocycles. The first-order chi connectivity index (χ1) is 9.74. The molecule has 1 amide bonds. The molecule has 108 valence electrons. The number of nitrogens with zero attached hydrogens (tertiary/aromatic N) is 2. The molecule has 4 nitrogen and oxygen atoms in total. The van der Waals surface area contributed by atoms with Crippen molar-refractivity contribution in [3.8, 4) is 0 Å². The maximum Gasteiger partial charge on any atom is 0.239 e. The fourth-order valence-electron chi connectivity index (χ4n) is 2.94. The Hall–Kier alpha value is -1.39. The van der Waals surface area contributed by atoms with E-state index in [2.05, 4.69) is 4.90 Å². The van der Waals surface area contributed by atoms with Gasteiger partial charge in [0.2, 0.25) is 5.91 Å². The van der Waals surface area contributed by atoms with Gasteiger partial charge in [0.05, 0.1) is 6.04 Å². The zero-order chi connectivity index (χ0) is 13.9. The van der Waals surface area contributed by atoms with Gasteiger partial charge < -0.3 is 10.6 Å². The lowest BCUT2D eigenvalue weighted by molar-refractivity contribution is -0.134. The third kappa shape index (κ3) is 3.19. The third-order valence-corrected chi connectivity index (χ3v) is 4.30. The van der Waals surface area contributed by atoms with Gasteiger partial charge in [-0.1, -0.05) is 30.3 Å².